The van der Waals surface area contributed by atoms with Gasteiger partial charge in [-0.3, -0.25) is 0 Å². The molecule has 1 aliphatic carbocycles. The van der Waals surface area contributed by atoms with Crippen molar-refractivity contribution in [2.45, 2.75) is 32.2 Å². The third-order valence-corrected chi connectivity index (χ3v) is 4.51. The fourth-order valence-corrected chi connectivity index (χ4v) is 3.02. The highest BCUT2D eigenvalue weighted by Crippen LogP contribution is 2.32. The van der Waals surface area contributed by atoms with Crippen molar-refractivity contribution in [2.24, 2.45) is 0 Å². The van der Waals surface area contributed by atoms with Crippen LogP contribution in [-0.4, -0.2) is 33.6 Å². The highest BCUT2D eigenvalue weighted by molar-refractivity contribution is 7.90. The van der Waals surface area contributed by atoms with Gasteiger partial charge in [0, 0.05) is 12.3 Å². The lowest BCUT2D eigenvalue weighted by Gasteiger charge is -2.26. The Labute approximate surface area is 121 Å². The molecule has 1 aromatic rings. The summed E-state index contributed by atoms with van der Waals surface area (Å²) in [6.45, 7) is 3.27. The molecule has 2 rings (SSSR count). The zero-order valence-electron chi connectivity index (χ0n) is 12.2. The molecule has 0 saturated heterocycles. The third kappa shape index (κ3) is 4.21. The maximum atomic E-state index is 11.1. The normalized spacial score (nSPS) is 18.6. The summed E-state index contributed by atoms with van der Waals surface area (Å²) in [7, 11) is -2.97. The van der Waals surface area contributed by atoms with E-state index >= 15 is 0 Å². The smallest absolute Gasteiger partial charge is 0.150 e. The molecule has 0 aromatic heterocycles. The summed E-state index contributed by atoms with van der Waals surface area (Å²) in [5.41, 5.74) is 2.67. The fourth-order valence-electron chi connectivity index (χ4n) is 2.64. The van der Waals surface area contributed by atoms with E-state index in [0.29, 0.717) is 6.04 Å². The van der Waals surface area contributed by atoms with Crippen LogP contribution in [0.25, 0.3) is 0 Å². The van der Waals surface area contributed by atoms with E-state index in [9.17, 15) is 8.42 Å². The Balaban J connectivity index is 2.07. The van der Waals surface area contributed by atoms with Crippen molar-refractivity contribution in [3.8, 4) is 5.75 Å². The molecule has 1 N–H and O–H groups in total. The van der Waals surface area contributed by atoms with Crippen LogP contribution in [0.4, 0.5) is 0 Å². The first-order chi connectivity index (χ1) is 9.49. The van der Waals surface area contributed by atoms with E-state index in [0.717, 1.165) is 25.1 Å². The second-order valence-corrected chi connectivity index (χ2v) is 7.60. The van der Waals surface area contributed by atoms with E-state index in [2.05, 4.69) is 24.4 Å². The van der Waals surface area contributed by atoms with Gasteiger partial charge in [0.15, 0.2) is 9.84 Å². The molecule has 1 aliphatic rings. The molecule has 112 valence electrons. The van der Waals surface area contributed by atoms with Gasteiger partial charge in [0.2, 0.25) is 0 Å². The lowest BCUT2D eigenvalue weighted by molar-refractivity contribution is 0.339. The summed E-state index contributed by atoms with van der Waals surface area (Å²) in [6, 6.07) is 6.50. The predicted octanol–water partition coefficient (Wildman–Crippen LogP) is 2.10. The monoisotopic (exact) mass is 297 g/mol. The van der Waals surface area contributed by atoms with Gasteiger partial charge in [0.05, 0.1) is 5.75 Å². The molecule has 0 amide bonds. The highest BCUT2D eigenvalue weighted by atomic mass is 32.2. The molecule has 5 heteroatoms. The van der Waals surface area contributed by atoms with Gasteiger partial charge in [-0.15, -0.1) is 0 Å². The van der Waals surface area contributed by atoms with Gasteiger partial charge in [0.25, 0.3) is 0 Å². The molecule has 0 heterocycles. The molecule has 20 heavy (non-hydrogen) atoms. The first-order valence-corrected chi connectivity index (χ1v) is 9.22. The van der Waals surface area contributed by atoms with E-state index in [-0.39, 0.29) is 12.4 Å². The molecule has 0 radical (unpaired) electrons. The number of hydrogen-bond acceptors (Lipinski definition) is 4. The Morgan fingerprint density at radius 1 is 1.40 bits per heavy atom. The second kappa shape index (κ2) is 6.59. The molecule has 0 saturated carbocycles. The second-order valence-electron chi connectivity index (χ2n) is 5.34. The van der Waals surface area contributed by atoms with Crippen LogP contribution in [0.3, 0.4) is 0 Å². The summed E-state index contributed by atoms with van der Waals surface area (Å²) in [5.74, 6) is 0.818. The van der Waals surface area contributed by atoms with Crippen molar-refractivity contribution in [1.29, 1.82) is 0 Å². The Morgan fingerprint density at radius 3 is 2.90 bits per heavy atom. The number of sulfone groups is 1. The molecule has 0 fully saturated rings. The summed E-state index contributed by atoms with van der Waals surface area (Å²) >= 11 is 0. The van der Waals surface area contributed by atoms with E-state index < -0.39 is 9.84 Å². The summed E-state index contributed by atoms with van der Waals surface area (Å²) in [6.07, 6.45) is 4.69. The minimum Gasteiger partial charge on any atom is -0.493 e. The lowest BCUT2D eigenvalue weighted by Crippen LogP contribution is -2.25. The molecule has 1 unspecified atom stereocenters. The van der Waals surface area contributed by atoms with Gasteiger partial charge < -0.3 is 10.1 Å². The topological polar surface area (TPSA) is 55.4 Å². The molecule has 1 aromatic carbocycles. The zero-order valence-corrected chi connectivity index (χ0v) is 13.0. The van der Waals surface area contributed by atoms with Crippen LogP contribution in [0.2, 0.25) is 0 Å². The number of rotatable bonds is 6. The molecule has 0 aliphatic heterocycles. The van der Waals surface area contributed by atoms with Gasteiger partial charge in [-0.2, -0.15) is 0 Å². The molecule has 1 atom stereocenters. The maximum absolute atomic E-state index is 11.1. The zero-order chi connectivity index (χ0) is 14.6. The van der Waals surface area contributed by atoms with E-state index in [1.54, 1.807) is 0 Å². The molecule has 0 spiro atoms. The van der Waals surface area contributed by atoms with Crippen LogP contribution in [-0.2, 0) is 16.3 Å². The number of ether oxygens (including phenoxy) is 1. The van der Waals surface area contributed by atoms with Gasteiger partial charge in [-0.1, -0.05) is 13.0 Å². The SMILES string of the molecule is CCNC1CCCc2ccc(OCCS(C)(=O)=O)cc21. The van der Waals surface area contributed by atoms with Gasteiger partial charge in [-0.05, 0) is 49.1 Å². The van der Waals surface area contributed by atoms with E-state index in [4.69, 9.17) is 4.74 Å². The van der Waals surface area contributed by atoms with Crippen LogP contribution in [0.1, 0.15) is 36.9 Å². The van der Waals surface area contributed by atoms with Crippen molar-refractivity contribution in [2.75, 3.05) is 25.2 Å². The first-order valence-electron chi connectivity index (χ1n) is 7.16. The average molecular weight is 297 g/mol. The Morgan fingerprint density at radius 2 is 2.20 bits per heavy atom. The van der Waals surface area contributed by atoms with Gasteiger partial charge in [0.1, 0.15) is 12.4 Å². The summed E-state index contributed by atoms with van der Waals surface area (Å²) < 4.78 is 27.8. The standard InChI is InChI=1S/C15H23NO3S/c1-3-16-15-6-4-5-12-7-8-13(11-14(12)15)19-9-10-20(2,17)18/h7-8,11,15-16H,3-6,9-10H2,1-2H3. The highest BCUT2D eigenvalue weighted by Gasteiger charge is 2.19. The molecular weight excluding hydrogens is 274 g/mol. The van der Waals surface area contributed by atoms with E-state index in [1.165, 1.54) is 23.8 Å². The molecular formula is C15H23NO3S. The summed E-state index contributed by atoms with van der Waals surface area (Å²) in [4.78, 5) is 0. The summed E-state index contributed by atoms with van der Waals surface area (Å²) in [5, 5.41) is 3.50. The van der Waals surface area contributed by atoms with Crippen molar-refractivity contribution in [3.63, 3.8) is 0 Å². The van der Waals surface area contributed by atoms with Gasteiger partial charge >= 0.3 is 0 Å². The van der Waals surface area contributed by atoms with Crippen LogP contribution in [0, 0.1) is 0 Å². The number of benzene rings is 1. The van der Waals surface area contributed by atoms with E-state index in [1.807, 2.05) is 6.07 Å². The van der Waals surface area contributed by atoms with Crippen molar-refractivity contribution < 1.29 is 13.2 Å². The van der Waals surface area contributed by atoms with Crippen LogP contribution < -0.4 is 10.1 Å². The number of aryl methyl sites for hydroxylation is 1. The molecule has 0 bridgehead atoms. The minimum atomic E-state index is -2.97. The van der Waals surface area contributed by atoms with Crippen LogP contribution in [0.5, 0.6) is 5.75 Å². The molecule has 4 nitrogen and oxygen atoms in total. The van der Waals surface area contributed by atoms with Crippen LogP contribution >= 0.6 is 0 Å². The number of fused-ring (bicyclic) bond motifs is 1. The predicted molar refractivity (Wildman–Crippen MR) is 81.0 cm³/mol. The largest absolute Gasteiger partial charge is 0.493 e. The first kappa shape index (κ1) is 15.3. The number of nitrogens with one attached hydrogen (secondary N) is 1. The van der Waals surface area contributed by atoms with Gasteiger partial charge in [-0.25, -0.2) is 8.42 Å². The average Bonchev–Trinajstić information content (AvgIpc) is 2.38. The Bertz CT molecular complexity index is 554. The number of hydrogen-bond donors (Lipinski definition) is 1. The van der Waals surface area contributed by atoms with Crippen molar-refractivity contribution in [1.82, 2.24) is 5.32 Å². The fraction of sp³-hybridized carbons (Fsp3) is 0.600. The third-order valence-electron chi connectivity index (χ3n) is 3.61. The Kier molecular flexibility index (Phi) is 5.05. The maximum Gasteiger partial charge on any atom is 0.150 e. The minimum absolute atomic E-state index is 0.0563. The lowest BCUT2D eigenvalue weighted by atomic mass is 9.87. The van der Waals surface area contributed by atoms with Crippen molar-refractivity contribution >= 4 is 9.84 Å². The quantitative estimate of drug-likeness (QED) is 0.873. The van der Waals surface area contributed by atoms with Crippen LogP contribution in [0.15, 0.2) is 18.2 Å². The Hall–Kier alpha value is -1.07. The van der Waals surface area contributed by atoms with Crippen molar-refractivity contribution in [3.05, 3.63) is 29.3 Å².